The van der Waals surface area contributed by atoms with Crippen LogP contribution >= 0.6 is 0 Å². The lowest BCUT2D eigenvalue weighted by molar-refractivity contribution is -0.204. The number of hydrogen-bond acceptors (Lipinski definition) is 5. The Balaban J connectivity index is 1.95. The van der Waals surface area contributed by atoms with Crippen LogP contribution in [0.1, 0.15) is 29.8 Å². The fraction of sp³-hybridized carbons (Fsp3) is 0.409. The van der Waals surface area contributed by atoms with E-state index in [0.717, 1.165) is 32.0 Å². The van der Waals surface area contributed by atoms with Gasteiger partial charge in [-0.05, 0) is 26.0 Å². The molecular weight excluding hydrogens is 342 g/mol. The van der Waals surface area contributed by atoms with Crippen molar-refractivity contribution < 1.29 is 19.0 Å². The van der Waals surface area contributed by atoms with Crippen LogP contribution in [0.15, 0.2) is 54.6 Å². The third-order valence-electron chi connectivity index (χ3n) is 4.65. The number of hydrogen-bond donors (Lipinski definition) is 0. The van der Waals surface area contributed by atoms with Crippen LogP contribution in [0.5, 0.6) is 0 Å². The van der Waals surface area contributed by atoms with Crippen LogP contribution in [0, 0.1) is 0 Å². The first kappa shape index (κ1) is 19.5. The maximum Gasteiger partial charge on any atom is 0.261 e. The molecule has 5 nitrogen and oxygen atoms in total. The number of morpholine rings is 1. The molecule has 0 saturated carbocycles. The molecule has 144 valence electrons. The lowest BCUT2D eigenvalue weighted by Crippen LogP contribution is -2.42. The SMILES string of the molecule is CCOC(OCC)(C(=O)c1ccccc1)c1ccc(N2CCOCC2)cc1. The molecule has 0 radical (unpaired) electrons. The number of carbonyl (C=O) groups is 1. The Kier molecular flexibility index (Phi) is 6.61. The summed E-state index contributed by atoms with van der Waals surface area (Å²) in [5.74, 6) is -1.63. The highest BCUT2D eigenvalue weighted by molar-refractivity contribution is 6.02. The highest BCUT2D eigenvalue weighted by atomic mass is 16.7. The summed E-state index contributed by atoms with van der Waals surface area (Å²) in [6.45, 7) is 7.66. The number of ketones is 1. The number of carbonyl (C=O) groups excluding carboxylic acids is 1. The molecule has 2 aromatic carbocycles. The number of Topliss-reactive ketones (excluding diaryl/α,β-unsaturated/α-hetero) is 1. The quantitative estimate of drug-likeness (QED) is 0.525. The minimum atomic E-state index is -1.44. The molecule has 1 aliphatic rings. The van der Waals surface area contributed by atoms with Gasteiger partial charge in [-0.3, -0.25) is 4.79 Å². The van der Waals surface area contributed by atoms with E-state index in [1.807, 2.05) is 56.3 Å². The monoisotopic (exact) mass is 369 g/mol. The van der Waals surface area contributed by atoms with E-state index in [0.29, 0.717) is 24.3 Å². The lowest BCUT2D eigenvalue weighted by Gasteiger charge is -2.33. The van der Waals surface area contributed by atoms with Crippen LogP contribution in [-0.2, 0) is 20.0 Å². The van der Waals surface area contributed by atoms with E-state index in [4.69, 9.17) is 14.2 Å². The van der Waals surface area contributed by atoms with E-state index in [-0.39, 0.29) is 5.78 Å². The topological polar surface area (TPSA) is 48.0 Å². The van der Waals surface area contributed by atoms with Gasteiger partial charge in [0.2, 0.25) is 5.78 Å². The van der Waals surface area contributed by atoms with E-state index in [1.165, 1.54) is 0 Å². The van der Waals surface area contributed by atoms with E-state index in [9.17, 15) is 4.79 Å². The fourth-order valence-electron chi connectivity index (χ4n) is 3.37. The second-order valence-electron chi connectivity index (χ2n) is 6.32. The molecule has 0 atom stereocenters. The minimum absolute atomic E-state index is 0.189. The van der Waals surface area contributed by atoms with Crippen molar-refractivity contribution >= 4 is 11.5 Å². The number of benzene rings is 2. The van der Waals surface area contributed by atoms with Gasteiger partial charge in [0.05, 0.1) is 13.2 Å². The first-order chi connectivity index (χ1) is 13.2. The summed E-state index contributed by atoms with van der Waals surface area (Å²) in [5, 5.41) is 0. The van der Waals surface area contributed by atoms with Crippen molar-refractivity contribution in [1.82, 2.24) is 0 Å². The summed E-state index contributed by atoms with van der Waals surface area (Å²) < 4.78 is 17.3. The molecule has 0 unspecified atom stereocenters. The zero-order chi connectivity index (χ0) is 19.1. The molecule has 0 amide bonds. The molecule has 0 spiro atoms. The summed E-state index contributed by atoms with van der Waals surface area (Å²) in [6.07, 6.45) is 0. The van der Waals surface area contributed by atoms with Crippen LogP contribution in [-0.4, -0.2) is 45.3 Å². The summed E-state index contributed by atoms with van der Waals surface area (Å²) in [5.41, 5.74) is 2.38. The molecule has 1 aliphatic heterocycles. The fourth-order valence-corrected chi connectivity index (χ4v) is 3.37. The van der Waals surface area contributed by atoms with Gasteiger partial charge < -0.3 is 19.1 Å². The number of nitrogens with zero attached hydrogens (tertiary/aromatic N) is 1. The van der Waals surface area contributed by atoms with Crippen molar-refractivity contribution in [2.75, 3.05) is 44.4 Å². The highest BCUT2D eigenvalue weighted by Crippen LogP contribution is 2.33. The second-order valence-corrected chi connectivity index (χ2v) is 6.32. The van der Waals surface area contributed by atoms with Gasteiger partial charge in [0.15, 0.2) is 0 Å². The third kappa shape index (κ3) is 4.21. The second kappa shape index (κ2) is 9.13. The lowest BCUT2D eigenvalue weighted by atomic mass is 9.95. The largest absolute Gasteiger partial charge is 0.378 e. The van der Waals surface area contributed by atoms with E-state index >= 15 is 0 Å². The Hall–Kier alpha value is -2.21. The van der Waals surface area contributed by atoms with Gasteiger partial charge in [0.1, 0.15) is 0 Å². The van der Waals surface area contributed by atoms with Crippen molar-refractivity contribution in [3.8, 4) is 0 Å². The number of ether oxygens (including phenoxy) is 3. The molecule has 3 rings (SSSR count). The minimum Gasteiger partial charge on any atom is -0.378 e. The Morgan fingerprint density at radius 1 is 0.963 bits per heavy atom. The van der Waals surface area contributed by atoms with Crippen molar-refractivity contribution in [2.45, 2.75) is 19.6 Å². The molecule has 0 aromatic heterocycles. The van der Waals surface area contributed by atoms with Gasteiger partial charge in [-0.2, -0.15) is 0 Å². The first-order valence-corrected chi connectivity index (χ1v) is 9.52. The molecule has 0 N–H and O–H groups in total. The zero-order valence-electron chi connectivity index (χ0n) is 16.0. The molecule has 1 fully saturated rings. The van der Waals surface area contributed by atoms with Gasteiger partial charge in [0, 0.05) is 43.1 Å². The third-order valence-corrected chi connectivity index (χ3v) is 4.65. The highest BCUT2D eigenvalue weighted by Gasteiger charge is 2.43. The van der Waals surface area contributed by atoms with Crippen molar-refractivity contribution in [3.05, 3.63) is 65.7 Å². The molecule has 1 heterocycles. The molecule has 0 bridgehead atoms. The molecule has 0 aliphatic carbocycles. The molecule has 27 heavy (non-hydrogen) atoms. The summed E-state index contributed by atoms with van der Waals surface area (Å²) in [6, 6.07) is 17.0. The van der Waals surface area contributed by atoms with E-state index in [2.05, 4.69) is 4.90 Å². The average molecular weight is 369 g/mol. The molecular formula is C22H27NO4. The zero-order valence-corrected chi connectivity index (χ0v) is 16.0. The predicted molar refractivity (Wildman–Crippen MR) is 105 cm³/mol. The van der Waals surface area contributed by atoms with Crippen LogP contribution in [0.3, 0.4) is 0 Å². The van der Waals surface area contributed by atoms with Crippen LogP contribution in [0.4, 0.5) is 5.69 Å². The summed E-state index contributed by atoms with van der Waals surface area (Å²) in [7, 11) is 0. The van der Waals surface area contributed by atoms with Crippen molar-refractivity contribution in [1.29, 1.82) is 0 Å². The van der Waals surface area contributed by atoms with Gasteiger partial charge in [-0.25, -0.2) is 0 Å². The van der Waals surface area contributed by atoms with E-state index < -0.39 is 5.79 Å². The first-order valence-electron chi connectivity index (χ1n) is 9.52. The molecule has 5 heteroatoms. The number of rotatable bonds is 8. The average Bonchev–Trinajstić information content (AvgIpc) is 2.74. The van der Waals surface area contributed by atoms with Crippen LogP contribution in [0.2, 0.25) is 0 Å². The van der Waals surface area contributed by atoms with Crippen molar-refractivity contribution in [3.63, 3.8) is 0 Å². The van der Waals surface area contributed by atoms with Gasteiger partial charge in [0.25, 0.3) is 5.79 Å². The Labute approximate surface area is 160 Å². The Bertz CT molecular complexity index is 718. The molecule has 2 aromatic rings. The van der Waals surface area contributed by atoms with Crippen LogP contribution in [0.25, 0.3) is 0 Å². The van der Waals surface area contributed by atoms with Crippen LogP contribution < -0.4 is 4.90 Å². The summed E-state index contributed by atoms with van der Waals surface area (Å²) in [4.78, 5) is 15.6. The standard InChI is InChI=1S/C22H27NO4/c1-3-26-22(27-4-2,21(24)18-8-6-5-7-9-18)19-10-12-20(13-11-19)23-14-16-25-17-15-23/h5-13H,3-4,14-17H2,1-2H3. The van der Waals surface area contributed by atoms with E-state index in [1.54, 1.807) is 12.1 Å². The van der Waals surface area contributed by atoms with Crippen molar-refractivity contribution in [2.24, 2.45) is 0 Å². The predicted octanol–water partition coefficient (Wildman–Crippen LogP) is 3.63. The molecule has 1 saturated heterocycles. The van der Waals surface area contributed by atoms with Gasteiger partial charge in [-0.15, -0.1) is 0 Å². The normalized spacial score (nSPS) is 15.0. The van der Waals surface area contributed by atoms with Gasteiger partial charge >= 0.3 is 0 Å². The summed E-state index contributed by atoms with van der Waals surface area (Å²) >= 11 is 0. The Morgan fingerprint density at radius 2 is 1.56 bits per heavy atom. The van der Waals surface area contributed by atoms with Gasteiger partial charge in [-0.1, -0.05) is 42.5 Å². The number of anilines is 1. The Morgan fingerprint density at radius 3 is 2.11 bits per heavy atom. The maximum atomic E-state index is 13.4. The maximum absolute atomic E-state index is 13.4. The smallest absolute Gasteiger partial charge is 0.261 e.